The first kappa shape index (κ1) is 18.7. The zero-order valence-corrected chi connectivity index (χ0v) is 15.0. The Kier molecular flexibility index (Phi) is 5.82. The summed E-state index contributed by atoms with van der Waals surface area (Å²) in [5.41, 5.74) is 0.268. The number of likely N-dealkylation sites (tertiary alicyclic amines) is 1. The van der Waals surface area contributed by atoms with Crippen LogP contribution in [0.25, 0.3) is 0 Å². The minimum absolute atomic E-state index is 0.0470. The first-order chi connectivity index (χ1) is 11.2. The monoisotopic (exact) mass is 357 g/mol. The molecule has 0 aliphatic carbocycles. The molecule has 24 heavy (non-hydrogen) atoms. The largest absolute Gasteiger partial charge is 0.351 e. The summed E-state index contributed by atoms with van der Waals surface area (Å²) in [6.07, 6.45) is 2.71. The van der Waals surface area contributed by atoms with Crippen molar-refractivity contribution in [3.63, 3.8) is 0 Å². The fraction of sp³-hybridized carbons (Fsp3) is 0.562. The van der Waals surface area contributed by atoms with Gasteiger partial charge in [-0.2, -0.15) is 0 Å². The lowest BCUT2D eigenvalue weighted by atomic mass is 10.1. The van der Waals surface area contributed by atoms with Crippen molar-refractivity contribution in [3.05, 3.63) is 30.1 Å². The Morgan fingerprint density at radius 1 is 1.29 bits per heavy atom. The molecule has 0 bridgehead atoms. The Morgan fingerprint density at radius 3 is 2.33 bits per heavy atom. The second-order valence-corrected chi connectivity index (χ2v) is 8.16. The van der Waals surface area contributed by atoms with E-state index in [0.717, 1.165) is 36.5 Å². The van der Waals surface area contributed by atoms with Gasteiger partial charge in [-0.1, -0.05) is 0 Å². The average molecular weight is 357 g/mol. The number of benzene rings is 1. The Morgan fingerprint density at radius 2 is 1.83 bits per heavy atom. The summed E-state index contributed by atoms with van der Waals surface area (Å²) in [7, 11) is -1.65. The van der Waals surface area contributed by atoms with Crippen LogP contribution in [-0.2, 0) is 14.8 Å². The molecule has 2 rings (SSSR count). The highest BCUT2D eigenvalue weighted by atomic mass is 32.2. The molecule has 6 nitrogen and oxygen atoms in total. The van der Waals surface area contributed by atoms with Crippen molar-refractivity contribution in [1.82, 2.24) is 10.2 Å². The zero-order chi connectivity index (χ0) is 17.9. The van der Waals surface area contributed by atoms with E-state index in [2.05, 4.69) is 10.2 Å². The Labute approximate surface area is 142 Å². The molecular formula is C16H24FN3O3S. The molecule has 1 saturated heterocycles. The topological polar surface area (TPSA) is 69.7 Å². The summed E-state index contributed by atoms with van der Waals surface area (Å²) in [6, 6.07) is 4.20. The third kappa shape index (κ3) is 4.67. The quantitative estimate of drug-likeness (QED) is 0.859. The van der Waals surface area contributed by atoms with Crippen LogP contribution in [0.5, 0.6) is 0 Å². The smallest absolute Gasteiger partial charge is 0.243 e. The fourth-order valence-corrected chi connectivity index (χ4v) is 4.05. The van der Waals surface area contributed by atoms with Crippen LogP contribution in [0.2, 0.25) is 0 Å². The lowest BCUT2D eigenvalue weighted by Crippen LogP contribution is -2.52. The zero-order valence-electron chi connectivity index (χ0n) is 14.2. The number of sulfonamides is 1. The molecule has 1 N–H and O–H groups in total. The van der Waals surface area contributed by atoms with Gasteiger partial charge in [0.05, 0.1) is 11.9 Å². The molecule has 1 heterocycles. The van der Waals surface area contributed by atoms with Crippen molar-refractivity contribution in [1.29, 1.82) is 0 Å². The van der Waals surface area contributed by atoms with E-state index in [4.69, 9.17) is 0 Å². The number of carbonyl (C=O) groups is 1. The number of hydrogen-bond acceptors (Lipinski definition) is 4. The number of rotatable bonds is 5. The first-order valence-corrected chi connectivity index (χ1v) is 9.77. The molecule has 1 atom stereocenters. The number of piperidine rings is 1. The van der Waals surface area contributed by atoms with Crippen LogP contribution in [-0.4, -0.2) is 57.7 Å². The molecule has 0 radical (unpaired) electrons. The normalized spacial score (nSPS) is 18.2. The molecule has 134 valence electrons. The SMILES string of the molecule is CC(C(=O)NC1CCN(C)CC1)N(c1ccc(F)cc1)S(C)(=O)=O. The van der Waals surface area contributed by atoms with Crippen molar-refractivity contribution < 1.29 is 17.6 Å². The summed E-state index contributed by atoms with van der Waals surface area (Å²) in [5.74, 6) is -0.810. The molecule has 1 aromatic carbocycles. The van der Waals surface area contributed by atoms with E-state index in [-0.39, 0.29) is 17.6 Å². The van der Waals surface area contributed by atoms with Crippen molar-refractivity contribution >= 4 is 21.6 Å². The Bertz CT molecular complexity index is 670. The van der Waals surface area contributed by atoms with Gasteiger partial charge in [0.15, 0.2) is 0 Å². The first-order valence-electron chi connectivity index (χ1n) is 7.92. The number of anilines is 1. The third-order valence-electron chi connectivity index (χ3n) is 4.23. The number of amides is 1. The highest BCUT2D eigenvalue weighted by Gasteiger charge is 2.30. The Hall–Kier alpha value is -1.67. The van der Waals surface area contributed by atoms with Crippen LogP contribution < -0.4 is 9.62 Å². The molecule has 1 aromatic rings. The number of hydrogen-bond donors (Lipinski definition) is 1. The third-order valence-corrected chi connectivity index (χ3v) is 5.48. The summed E-state index contributed by atoms with van der Waals surface area (Å²) in [6.45, 7) is 3.33. The number of carbonyl (C=O) groups excluding carboxylic acids is 1. The van der Waals surface area contributed by atoms with Gasteiger partial charge in [-0.15, -0.1) is 0 Å². The highest BCUT2D eigenvalue weighted by Crippen LogP contribution is 2.21. The van der Waals surface area contributed by atoms with Gasteiger partial charge in [0.25, 0.3) is 0 Å². The summed E-state index contributed by atoms with van der Waals surface area (Å²) in [4.78, 5) is 14.7. The number of nitrogens with one attached hydrogen (secondary N) is 1. The molecule has 1 aliphatic rings. The summed E-state index contributed by atoms with van der Waals surface area (Å²) in [5, 5.41) is 2.93. The van der Waals surface area contributed by atoms with E-state index in [9.17, 15) is 17.6 Å². The Balaban J connectivity index is 2.14. The minimum atomic E-state index is -3.68. The molecule has 8 heteroatoms. The van der Waals surface area contributed by atoms with E-state index in [1.165, 1.54) is 31.2 Å². The van der Waals surface area contributed by atoms with Crippen molar-refractivity contribution in [2.24, 2.45) is 0 Å². The van der Waals surface area contributed by atoms with Gasteiger partial charge in [-0.25, -0.2) is 12.8 Å². The van der Waals surface area contributed by atoms with Crippen molar-refractivity contribution in [3.8, 4) is 0 Å². The predicted octanol–water partition coefficient (Wildman–Crippen LogP) is 1.19. The standard InChI is InChI=1S/C16H24FN3O3S/c1-12(16(21)18-14-8-10-19(2)11-9-14)20(24(3,22)23)15-6-4-13(17)5-7-15/h4-7,12,14H,8-11H2,1-3H3,(H,18,21). The molecule has 1 fully saturated rings. The van der Waals surface area contributed by atoms with Gasteiger partial charge in [-0.05, 0) is 64.2 Å². The molecule has 1 unspecified atom stereocenters. The molecule has 0 spiro atoms. The van der Waals surface area contributed by atoms with Crippen LogP contribution in [0.1, 0.15) is 19.8 Å². The van der Waals surface area contributed by atoms with Crippen molar-refractivity contribution in [2.75, 3.05) is 30.7 Å². The number of halogens is 1. The molecular weight excluding hydrogens is 333 g/mol. The van der Waals surface area contributed by atoms with Gasteiger partial charge in [0, 0.05) is 6.04 Å². The van der Waals surface area contributed by atoms with Crippen LogP contribution in [0.4, 0.5) is 10.1 Å². The van der Waals surface area contributed by atoms with E-state index in [1.807, 2.05) is 7.05 Å². The van der Waals surface area contributed by atoms with Gasteiger partial charge in [0.1, 0.15) is 11.9 Å². The predicted molar refractivity (Wildman–Crippen MR) is 91.8 cm³/mol. The maximum absolute atomic E-state index is 13.1. The van der Waals surface area contributed by atoms with Crippen LogP contribution in [0.3, 0.4) is 0 Å². The summed E-state index contributed by atoms with van der Waals surface area (Å²) < 4.78 is 38.4. The van der Waals surface area contributed by atoms with Crippen molar-refractivity contribution in [2.45, 2.75) is 31.8 Å². The van der Waals surface area contributed by atoms with Gasteiger partial charge < -0.3 is 10.2 Å². The highest BCUT2D eigenvalue weighted by molar-refractivity contribution is 7.92. The van der Waals surface area contributed by atoms with Gasteiger partial charge in [0.2, 0.25) is 15.9 Å². The fourth-order valence-electron chi connectivity index (χ4n) is 2.87. The van der Waals surface area contributed by atoms with Crippen LogP contribution in [0, 0.1) is 5.82 Å². The lowest BCUT2D eigenvalue weighted by Gasteiger charge is -2.32. The second-order valence-electron chi connectivity index (χ2n) is 6.30. The molecule has 1 amide bonds. The second kappa shape index (κ2) is 7.48. The van der Waals surface area contributed by atoms with Crippen LogP contribution in [0.15, 0.2) is 24.3 Å². The molecule has 1 aliphatic heterocycles. The van der Waals surface area contributed by atoms with E-state index in [1.54, 1.807) is 0 Å². The lowest BCUT2D eigenvalue weighted by molar-refractivity contribution is -0.122. The molecule has 0 saturated carbocycles. The number of nitrogens with zero attached hydrogens (tertiary/aromatic N) is 2. The van der Waals surface area contributed by atoms with Crippen LogP contribution >= 0.6 is 0 Å². The minimum Gasteiger partial charge on any atom is -0.351 e. The van der Waals surface area contributed by atoms with E-state index >= 15 is 0 Å². The van der Waals surface area contributed by atoms with E-state index < -0.39 is 21.9 Å². The maximum Gasteiger partial charge on any atom is 0.243 e. The summed E-state index contributed by atoms with van der Waals surface area (Å²) >= 11 is 0. The maximum atomic E-state index is 13.1. The van der Waals surface area contributed by atoms with Gasteiger partial charge >= 0.3 is 0 Å². The van der Waals surface area contributed by atoms with Gasteiger partial charge in [-0.3, -0.25) is 9.10 Å². The van der Waals surface area contributed by atoms with E-state index in [0.29, 0.717) is 0 Å². The molecule has 0 aromatic heterocycles. The average Bonchev–Trinajstić information content (AvgIpc) is 2.50.